The molecule has 2 aliphatic heterocycles. The Labute approximate surface area is 153 Å². The van der Waals surface area contributed by atoms with Gasteiger partial charge in [-0.05, 0) is 39.5 Å². The first kappa shape index (κ1) is 18.4. The molecule has 26 heavy (non-hydrogen) atoms. The first-order valence-corrected chi connectivity index (χ1v) is 9.13. The fraction of sp³-hybridized carbons (Fsp3) is 0.667. The van der Waals surface area contributed by atoms with Gasteiger partial charge in [-0.2, -0.15) is 0 Å². The van der Waals surface area contributed by atoms with E-state index in [-0.39, 0.29) is 18.4 Å². The first-order chi connectivity index (χ1) is 12.4. The van der Waals surface area contributed by atoms with Crippen LogP contribution in [0.25, 0.3) is 0 Å². The summed E-state index contributed by atoms with van der Waals surface area (Å²) in [5.41, 5.74) is -0.0000655. The molecule has 0 aromatic carbocycles. The van der Waals surface area contributed by atoms with Crippen LogP contribution in [0.4, 0.5) is 0 Å². The minimum Gasteiger partial charge on any atom is -0.379 e. The largest absolute Gasteiger partial charge is 0.379 e. The molecule has 1 unspecified atom stereocenters. The van der Waals surface area contributed by atoms with Crippen LogP contribution in [0, 0.1) is 12.8 Å². The number of aromatic nitrogens is 2. The quantitative estimate of drug-likeness (QED) is 0.851. The van der Waals surface area contributed by atoms with Gasteiger partial charge in [0, 0.05) is 38.4 Å². The van der Waals surface area contributed by atoms with Crippen LogP contribution < -0.4 is 5.32 Å². The zero-order chi connectivity index (χ0) is 18.7. The van der Waals surface area contributed by atoms with Crippen molar-refractivity contribution in [3.63, 3.8) is 0 Å². The van der Waals surface area contributed by atoms with Crippen molar-refractivity contribution in [3.8, 4) is 0 Å². The molecule has 1 atom stereocenters. The smallest absolute Gasteiger partial charge is 0.269 e. The Kier molecular flexibility index (Phi) is 5.29. The number of carbonyl (C=O) groups is 2. The van der Waals surface area contributed by atoms with Crippen molar-refractivity contribution < 1.29 is 14.4 Å². The van der Waals surface area contributed by atoms with Gasteiger partial charge in [0.15, 0.2) is 0 Å². The molecule has 0 radical (unpaired) electrons. The van der Waals surface area contributed by atoms with Crippen LogP contribution in [0.2, 0.25) is 0 Å². The Balaban J connectivity index is 1.40. The van der Waals surface area contributed by atoms with E-state index in [1.165, 1.54) is 0 Å². The molecule has 1 aromatic rings. The Morgan fingerprint density at radius 1 is 1.35 bits per heavy atom. The van der Waals surface area contributed by atoms with Crippen molar-refractivity contribution in [1.29, 1.82) is 0 Å². The summed E-state index contributed by atoms with van der Waals surface area (Å²) in [4.78, 5) is 36.1. The lowest BCUT2D eigenvalue weighted by molar-refractivity contribution is -0.154. The van der Waals surface area contributed by atoms with E-state index < -0.39 is 5.60 Å². The highest BCUT2D eigenvalue weighted by atomic mass is 16.7. The standard InChI is InChI=1S/C18H27N5O3/c1-13-10-18(3,26-21-13)17(25)22-7-4-15(5-8-22)11-20-16(24)12-23-9-6-19-14(23)2/h6,9,15H,4-5,7-8,10-12H2,1-3H3,(H,20,24). The summed E-state index contributed by atoms with van der Waals surface area (Å²) in [5, 5.41) is 6.92. The molecule has 3 heterocycles. The molecule has 1 aromatic heterocycles. The van der Waals surface area contributed by atoms with Crippen molar-refractivity contribution in [2.24, 2.45) is 11.1 Å². The third-order valence-electron chi connectivity index (χ3n) is 5.18. The number of hydrogen-bond acceptors (Lipinski definition) is 5. The van der Waals surface area contributed by atoms with Crippen molar-refractivity contribution in [2.75, 3.05) is 19.6 Å². The number of piperidine rings is 1. The lowest BCUT2D eigenvalue weighted by Gasteiger charge is -2.35. The highest BCUT2D eigenvalue weighted by Gasteiger charge is 2.44. The molecule has 0 spiro atoms. The highest BCUT2D eigenvalue weighted by molar-refractivity contribution is 5.94. The fourth-order valence-corrected chi connectivity index (χ4v) is 3.56. The van der Waals surface area contributed by atoms with E-state index >= 15 is 0 Å². The second-order valence-corrected chi connectivity index (χ2v) is 7.47. The predicted octanol–water partition coefficient (Wildman–Crippen LogP) is 1.10. The Morgan fingerprint density at radius 3 is 2.65 bits per heavy atom. The van der Waals surface area contributed by atoms with Crippen LogP contribution in [0.3, 0.4) is 0 Å². The van der Waals surface area contributed by atoms with Gasteiger partial charge in [-0.1, -0.05) is 5.16 Å². The van der Waals surface area contributed by atoms with E-state index in [0.29, 0.717) is 32.0 Å². The second-order valence-electron chi connectivity index (χ2n) is 7.47. The summed E-state index contributed by atoms with van der Waals surface area (Å²) >= 11 is 0. The van der Waals surface area contributed by atoms with E-state index in [0.717, 1.165) is 24.4 Å². The van der Waals surface area contributed by atoms with Crippen LogP contribution in [-0.4, -0.2) is 57.2 Å². The predicted molar refractivity (Wildman–Crippen MR) is 96.5 cm³/mol. The summed E-state index contributed by atoms with van der Waals surface area (Å²) in [5.74, 6) is 1.22. The molecule has 1 N–H and O–H groups in total. The van der Waals surface area contributed by atoms with E-state index in [9.17, 15) is 9.59 Å². The fourth-order valence-electron chi connectivity index (χ4n) is 3.56. The first-order valence-electron chi connectivity index (χ1n) is 9.13. The lowest BCUT2D eigenvalue weighted by Crippen LogP contribution is -2.50. The molecular formula is C18H27N5O3. The number of nitrogens with zero attached hydrogens (tertiary/aromatic N) is 4. The zero-order valence-electron chi connectivity index (χ0n) is 15.7. The van der Waals surface area contributed by atoms with Gasteiger partial charge in [0.05, 0.1) is 5.71 Å². The number of imidazole rings is 1. The molecule has 0 bridgehead atoms. The molecule has 2 aliphatic rings. The Bertz CT molecular complexity index is 705. The monoisotopic (exact) mass is 361 g/mol. The van der Waals surface area contributed by atoms with Gasteiger partial charge >= 0.3 is 0 Å². The summed E-state index contributed by atoms with van der Waals surface area (Å²) < 4.78 is 1.82. The summed E-state index contributed by atoms with van der Waals surface area (Å²) in [6.45, 7) is 7.87. The lowest BCUT2D eigenvalue weighted by atomic mass is 9.93. The average Bonchev–Trinajstić information content (AvgIpc) is 3.19. The van der Waals surface area contributed by atoms with Crippen LogP contribution in [0.15, 0.2) is 17.5 Å². The number of rotatable bonds is 5. The summed E-state index contributed by atoms with van der Waals surface area (Å²) in [6, 6.07) is 0. The molecule has 3 rings (SSSR count). The molecule has 8 heteroatoms. The van der Waals surface area contributed by atoms with Gasteiger partial charge in [0.25, 0.3) is 5.91 Å². The average molecular weight is 361 g/mol. The molecule has 1 saturated heterocycles. The zero-order valence-corrected chi connectivity index (χ0v) is 15.7. The van der Waals surface area contributed by atoms with Crippen LogP contribution in [0.1, 0.15) is 38.9 Å². The van der Waals surface area contributed by atoms with Gasteiger partial charge in [0.1, 0.15) is 12.4 Å². The molecular weight excluding hydrogens is 334 g/mol. The topological polar surface area (TPSA) is 88.8 Å². The third kappa shape index (κ3) is 4.05. The molecule has 2 amide bonds. The van der Waals surface area contributed by atoms with E-state index in [1.54, 1.807) is 19.3 Å². The number of nitrogens with one attached hydrogen (secondary N) is 1. The molecule has 0 saturated carbocycles. The maximum atomic E-state index is 12.7. The number of oxime groups is 1. The molecule has 8 nitrogen and oxygen atoms in total. The number of carbonyl (C=O) groups excluding carboxylic acids is 2. The Hall–Kier alpha value is -2.38. The second kappa shape index (κ2) is 7.47. The number of hydrogen-bond donors (Lipinski definition) is 1. The van der Waals surface area contributed by atoms with E-state index in [2.05, 4.69) is 15.5 Å². The molecule has 142 valence electrons. The SMILES string of the molecule is CC1=NOC(C)(C(=O)N2CCC(CNC(=O)Cn3ccnc3C)CC2)C1. The van der Waals surface area contributed by atoms with Crippen molar-refractivity contribution >= 4 is 17.5 Å². The van der Waals surface area contributed by atoms with Gasteiger partial charge in [-0.25, -0.2) is 4.98 Å². The van der Waals surface area contributed by atoms with Crippen LogP contribution in [0.5, 0.6) is 0 Å². The van der Waals surface area contributed by atoms with Crippen molar-refractivity contribution in [1.82, 2.24) is 19.8 Å². The van der Waals surface area contributed by atoms with Crippen LogP contribution >= 0.6 is 0 Å². The van der Waals surface area contributed by atoms with E-state index in [4.69, 9.17) is 4.84 Å². The van der Waals surface area contributed by atoms with Crippen LogP contribution in [-0.2, 0) is 21.0 Å². The third-order valence-corrected chi connectivity index (χ3v) is 5.18. The number of amides is 2. The number of aryl methyl sites for hydroxylation is 1. The normalized spacial score (nSPS) is 23.5. The maximum Gasteiger partial charge on any atom is 0.269 e. The van der Waals surface area contributed by atoms with Gasteiger partial charge < -0.3 is 19.6 Å². The molecule has 0 aliphatic carbocycles. The summed E-state index contributed by atoms with van der Waals surface area (Å²) in [6.07, 6.45) is 5.81. The van der Waals surface area contributed by atoms with Crippen molar-refractivity contribution in [2.45, 2.75) is 52.2 Å². The summed E-state index contributed by atoms with van der Waals surface area (Å²) in [7, 11) is 0. The van der Waals surface area contributed by atoms with Crippen molar-refractivity contribution in [3.05, 3.63) is 18.2 Å². The van der Waals surface area contributed by atoms with Gasteiger partial charge in [0.2, 0.25) is 11.5 Å². The maximum absolute atomic E-state index is 12.7. The Morgan fingerprint density at radius 2 is 2.08 bits per heavy atom. The number of likely N-dealkylation sites (tertiary alicyclic amines) is 1. The van der Waals surface area contributed by atoms with Gasteiger partial charge in [-0.15, -0.1) is 0 Å². The van der Waals surface area contributed by atoms with Gasteiger partial charge in [-0.3, -0.25) is 9.59 Å². The molecule has 1 fully saturated rings. The highest BCUT2D eigenvalue weighted by Crippen LogP contribution is 2.28. The minimum atomic E-state index is -0.853. The van der Waals surface area contributed by atoms with E-state index in [1.807, 2.05) is 23.3 Å². The minimum absolute atomic E-state index is 0.0101.